The minimum atomic E-state index is -0.826. The maximum Gasteiger partial charge on any atom is 0.230 e. The maximum atomic E-state index is 14.5. The highest BCUT2D eigenvalue weighted by Crippen LogP contribution is 2.54. The van der Waals surface area contributed by atoms with Crippen molar-refractivity contribution in [2.45, 2.75) is 72.5 Å². The number of fused-ring (bicyclic) bond motifs is 1. The van der Waals surface area contributed by atoms with E-state index < -0.39 is 18.0 Å². The van der Waals surface area contributed by atoms with Gasteiger partial charge in [-0.1, -0.05) is 31.9 Å². The van der Waals surface area contributed by atoms with Crippen molar-refractivity contribution in [3.8, 4) is 11.5 Å². The van der Waals surface area contributed by atoms with E-state index in [1.54, 1.807) is 6.07 Å². The maximum absolute atomic E-state index is 14.5. The molecule has 5 aromatic carbocycles. The molecule has 1 unspecified atom stereocenters. The zero-order valence-electron chi connectivity index (χ0n) is 25.7. The van der Waals surface area contributed by atoms with Crippen LogP contribution < -0.4 is 20.9 Å². The third-order valence-electron chi connectivity index (χ3n) is 9.26. The summed E-state index contributed by atoms with van der Waals surface area (Å²) in [6.07, 6.45) is 4.79. The van der Waals surface area contributed by atoms with Crippen molar-refractivity contribution in [3.05, 3.63) is 66.0 Å². The number of unbranched alkanes of at least 4 members (excludes halogenated alkanes) is 1. The van der Waals surface area contributed by atoms with E-state index in [-0.39, 0.29) is 34.7 Å². The normalized spacial score (nSPS) is 14.7. The molecular formula is C36H37NO7. The van der Waals surface area contributed by atoms with Crippen LogP contribution in [0.1, 0.15) is 80.7 Å². The number of benzene rings is 5. The SMILES string of the molecule is CCCCc1c(O)c2c(=O)cc(CO)c3c4c(CO)cc(NCCC)c5c(=O)c(OC)c6c(c(c1C=C(C)C6C(C)=O)c23)c54. The molecule has 5 aromatic rings. The molecule has 0 bridgehead atoms. The fourth-order valence-corrected chi connectivity index (χ4v) is 7.51. The summed E-state index contributed by atoms with van der Waals surface area (Å²) in [5.41, 5.74) is 2.93. The van der Waals surface area contributed by atoms with Crippen molar-refractivity contribution >= 4 is 60.6 Å². The molecule has 228 valence electrons. The number of phenols is 1. The first kappa shape index (κ1) is 29.8. The van der Waals surface area contributed by atoms with E-state index in [4.69, 9.17) is 4.74 Å². The second-order valence-corrected chi connectivity index (χ2v) is 11.9. The average Bonchev–Trinajstić information content (AvgIpc) is 3.13. The van der Waals surface area contributed by atoms with Gasteiger partial charge < -0.3 is 25.4 Å². The second-order valence-electron chi connectivity index (χ2n) is 11.9. The fourth-order valence-electron chi connectivity index (χ4n) is 7.51. The molecule has 0 fully saturated rings. The van der Waals surface area contributed by atoms with Crippen molar-refractivity contribution in [3.63, 3.8) is 0 Å². The number of aliphatic hydroxyl groups excluding tert-OH is 2. The lowest BCUT2D eigenvalue weighted by Gasteiger charge is -2.26. The quantitative estimate of drug-likeness (QED) is 0.117. The van der Waals surface area contributed by atoms with E-state index >= 15 is 0 Å². The monoisotopic (exact) mass is 595 g/mol. The first-order valence-electron chi connectivity index (χ1n) is 15.3. The second kappa shape index (κ2) is 11.0. The number of carbonyl (C=O) groups is 1. The van der Waals surface area contributed by atoms with Crippen LogP contribution in [0.4, 0.5) is 5.69 Å². The van der Waals surface area contributed by atoms with E-state index in [0.29, 0.717) is 89.7 Å². The van der Waals surface area contributed by atoms with Gasteiger partial charge >= 0.3 is 0 Å². The van der Waals surface area contributed by atoms with Crippen LogP contribution in [-0.4, -0.2) is 34.8 Å². The molecule has 1 aliphatic carbocycles. The summed E-state index contributed by atoms with van der Waals surface area (Å²) in [5.74, 6) is -1.07. The number of ketones is 1. The van der Waals surface area contributed by atoms with E-state index in [1.165, 1.54) is 20.1 Å². The molecule has 0 aromatic heterocycles. The standard InChI is InChI=1S/C36H37NO7/c1-6-8-9-20-21-11-16(3)24(17(4)40)33-32-27(21)30-26(19(15-39)13-23(41)29(30)34(20)42)25-18(14-38)12-22(37-10-7-2)28(31(25)32)35(43)36(33)44-5/h11-13,24,37-39,42H,6-10,14-15H2,1-5H3. The first-order valence-corrected chi connectivity index (χ1v) is 15.3. The molecule has 44 heavy (non-hydrogen) atoms. The first-order chi connectivity index (χ1) is 21.2. The molecule has 0 heterocycles. The number of hydrogen-bond donors (Lipinski definition) is 4. The summed E-state index contributed by atoms with van der Waals surface area (Å²) in [6.45, 7) is 7.10. The van der Waals surface area contributed by atoms with Gasteiger partial charge in [0.15, 0.2) is 11.2 Å². The fraction of sp³-hybridized carbons (Fsp3) is 0.361. The van der Waals surface area contributed by atoms with Gasteiger partial charge in [-0.3, -0.25) is 14.4 Å². The van der Waals surface area contributed by atoms with E-state index in [9.17, 15) is 29.7 Å². The number of ether oxygens (including phenoxy) is 1. The molecule has 8 nitrogen and oxygen atoms in total. The third-order valence-corrected chi connectivity index (χ3v) is 9.26. The number of phenolic OH excluding ortho intramolecular Hbond substituents is 1. The Labute approximate surface area is 254 Å². The Morgan fingerprint density at radius 1 is 0.909 bits per heavy atom. The molecule has 0 saturated carbocycles. The highest BCUT2D eigenvalue weighted by atomic mass is 16.5. The zero-order chi connectivity index (χ0) is 31.6. The number of rotatable bonds is 10. The summed E-state index contributed by atoms with van der Waals surface area (Å²) in [6, 6.07) is 3.08. The van der Waals surface area contributed by atoms with Gasteiger partial charge in [0, 0.05) is 34.1 Å². The lowest BCUT2D eigenvalue weighted by Crippen LogP contribution is -2.19. The molecule has 4 N–H and O–H groups in total. The van der Waals surface area contributed by atoms with Crippen molar-refractivity contribution in [1.82, 2.24) is 0 Å². The lowest BCUT2D eigenvalue weighted by molar-refractivity contribution is -0.117. The van der Waals surface area contributed by atoms with Crippen LogP contribution in [-0.2, 0) is 24.4 Å². The van der Waals surface area contributed by atoms with E-state index in [1.807, 2.05) is 26.8 Å². The minimum absolute atomic E-state index is 0.0518. The Bertz CT molecular complexity index is 2150. The molecule has 0 amide bonds. The highest BCUT2D eigenvalue weighted by Gasteiger charge is 2.36. The Kier molecular flexibility index (Phi) is 7.46. The van der Waals surface area contributed by atoms with Crippen LogP contribution in [0, 0.1) is 0 Å². The number of methoxy groups -OCH3 is 1. The number of anilines is 1. The number of Topliss-reactive ketones (excluding diaryl/α,β-unsaturated/α-hetero) is 1. The smallest absolute Gasteiger partial charge is 0.230 e. The average molecular weight is 596 g/mol. The zero-order valence-corrected chi connectivity index (χ0v) is 25.7. The number of carbonyl (C=O) groups excluding carboxylic acids is 1. The van der Waals surface area contributed by atoms with Gasteiger partial charge in [-0.2, -0.15) is 0 Å². The Morgan fingerprint density at radius 3 is 2.16 bits per heavy atom. The largest absolute Gasteiger partial charge is 0.507 e. The lowest BCUT2D eigenvalue weighted by atomic mass is 9.78. The Hall–Kier alpha value is -4.27. The Morgan fingerprint density at radius 2 is 1.57 bits per heavy atom. The van der Waals surface area contributed by atoms with Gasteiger partial charge in [0.25, 0.3) is 0 Å². The number of hydrogen-bond acceptors (Lipinski definition) is 8. The predicted molar refractivity (Wildman–Crippen MR) is 176 cm³/mol. The highest BCUT2D eigenvalue weighted by molar-refractivity contribution is 6.38. The van der Waals surface area contributed by atoms with Gasteiger partial charge in [-0.25, -0.2) is 0 Å². The number of aromatic hydroxyl groups is 1. The van der Waals surface area contributed by atoms with Gasteiger partial charge in [0.2, 0.25) is 5.43 Å². The van der Waals surface area contributed by atoms with Crippen molar-refractivity contribution in [2.75, 3.05) is 19.0 Å². The van der Waals surface area contributed by atoms with Crippen LogP contribution in [0.15, 0.2) is 27.3 Å². The van der Waals surface area contributed by atoms with Crippen molar-refractivity contribution in [1.29, 1.82) is 0 Å². The summed E-state index contributed by atoms with van der Waals surface area (Å²) < 4.78 is 5.86. The van der Waals surface area contributed by atoms with Gasteiger partial charge in [-0.15, -0.1) is 0 Å². The summed E-state index contributed by atoms with van der Waals surface area (Å²) in [7, 11) is 1.42. The molecule has 8 heteroatoms. The molecule has 1 aliphatic rings. The number of nitrogens with one attached hydrogen (secondary N) is 1. The molecule has 0 spiro atoms. The van der Waals surface area contributed by atoms with E-state index in [2.05, 4.69) is 5.32 Å². The van der Waals surface area contributed by atoms with Crippen molar-refractivity contribution in [2.24, 2.45) is 0 Å². The molecule has 0 aliphatic heterocycles. The van der Waals surface area contributed by atoms with Gasteiger partial charge in [0.1, 0.15) is 11.5 Å². The third kappa shape index (κ3) is 3.94. The molecule has 0 saturated heterocycles. The van der Waals surface area contributed by atoms with Crippen LogP contribution >= 0.6 is 0 Å². The van der Waals surface area contributed by atoms with Gasteiger partial charge in [0.05, 0.1) is 37.0 Å². The summed E-state index contributed by atoms with van der Waals surface area (Å²) in [5, 5.41) is 40.3. The van der Waals surface area contributed by atoms with Crippen LogP contribution in [0.5, 0.6) is 11.5 Å². The van der Waals surface area contributed by atoms with Crippen LogP contribution in [0.25, 0.3) is 49.2 Å². The van der Waals surface area contributed by atoms with Crippen molar-refractivity contribution < 1.29 is 24.9 Å². The molecule has 0 radical (unpaired) electrons. The summed E-state index contributed by atoms with van der Waals surface area (Å²) in [4.78, 5) is 41.8. The molecular weight excluding hydrogens is 558 g/mol. The topological polar surface area (TPSA) is 133 Å². The number of aliphatic hydroxyl groups is 2. The van der Waals surface area contributed by atoms with Gasteiger partial charge in [-0.05, 0) is 83.5 Å². The Balaban J connectivity index is 2.12. The minimum Gasteiger partial charge on any atom is -0.507 e. The molecule has 1 atom stereocenters. The van der Waals surface area contributed by atoms with Crippen LogP contribution in [0.3, 0.4) is 0 Å². The number of allylic oxidation sites excluding steroid dienone is 1. The van der Waals surface area contributed by atoms with E-state index in [0.717, 1.165) is 19.3 Å². The van der Waals surface area contributed by atoms with Crippen LogP contribution in [0.2, 0.25) is 0 Å². The predicted octanol–water partition coefficient (Wildman–Crippen LogP) is 5.85. The summed E-state index contributed by atoms with van der Waals surface area (Å²) >= 11 is 0. The molecule has 6 rings (SSSR count).